The fourth-order valence-electron chi connectivity index (χ4n) is 3.31. The molecule has 0 amide bonds. The molecule has 1 aromatic heterocycles. The second-order valence-corrected chi connectivity index (χ2v) is 6.22. The van der Waals surface area contributed by atoms with Gasteiger partial charge in [0.1, 0.15) is 0 Å². The number of nitrogens with zero attached hydrogens (tertiary/aromatic N) is 2. The van der Waals surface area contributed by atoms with Gasteiger partial charge in [-0.2, -0.15) is 17.2 Å². The van der Waals surface area contributed by atoms with Crippen LogP contribution in [0, 0.1) is 13.0 Å². The number of hydrogen-bond donors (Lipinski definition) is 0. The summed E-state index contributed by atoms with van der Waals surface area (Å²) in [5, 5.41) is 4.49. The predicted octanol–water partition coefficient (Wildman–Crippen LogP) is 4.28. The van der Waals surface area contributed by atoms with E-state index in [1.165, 1.54) is 22.3 Å². The normalized spacial score (nSPS) is 14.1. The summed E-state index contributed by atoms with van der Waals surface area (Å²) in [6.07, 6.45) is 1.99. The van der Waals surface area contributed by atoms with Crippen LogP contribution in [0.4, 0.5) is 0 Å². The molecule has 0 fully saturated rings. The molecule has 0 unspecified atom stereocenters. The summed E-state index contributed by atoms with van der Waals surface area (Å²) >= 11 is 0. The van der Waals surface area contributed by atoms with Crippen LogP contribution in [0.3, 0.4) is 0 Å². The third-order valence-electron chi connectivity index (χ3n) is 4.47. The van der Waals surface area contributed by atoms with Gasteiger partial charge < -0.3 is 0 Å². The molecule has 1 aliphatic carbocycles. The molecule has 22 heavy (non-hydrogen) atoms. The predicted molar refractivity (Wildman–Crippen MR) is 84.7 cm³/mol. The second kappa shape index (κ2) is 5.19. The summed E-state index contributed by atoms with van der Waals surface area (Å²) in [4.78, 5) is 0. The van der Waals surface area contributed by atoms with Crippen molar-refractivity contribution in [1.82, 2.24) is 9.78 Å². The second-order valence-electron chi connectivity index (χ2n) is 6.22. The molecule has 0 spiro atoms. The zero-order valence-corrected chi connectivity index (χ0v) is 15.2. The fourth-order valence-corrected chi connectivity index (χ4v) is 3.31. The Morgan fingerprint density at radius 2 is 1.82 bits per heavy atom. The van der Waals surface area contributed by atoms with Gasteiger partial charge in [0.05, 0.1) is 5.69 Å². The van der Waals surface area contributed by atoms with Gasteiger partial charge >= 0.3 is 0 Å². The van der Waals surface area contributed by atoms with Crippen molar-refractivity contribution < 1.29 is 20.1 Å². The number of hydrogen-bond acceptors (Lipinski definition) is 1. The van der Waals surface area contributed by atoms with E-state index >= 15 is 0 Å². The summed E-state index contributed by atoms with van der Waals surface area (Å²) < 4.78 is 1.90. The Bertz CT molecular complexity index is 846. The van der Waals surface area contributed by atoms with Gasteiger partial charge in [0.25, 0.3) is 0 Å². The molecule has 0 saturated heterocycles. The van der Waals surface area contributed by atoms with Crippen molar-refractivity contribution in [1.29, 1.82) is 0 Å². The van der Waals surface area contributed by atoms with Gasteiger partial charge in [0, 0.05) is 26.3 Å². The molecule has 4 rings (SSSR count). The minimum atomic E-state index is 0. The van der Waals surface area contributed by atoms with Crippen LogP contribution in [0.1, 0.15) is 30.7 Å². The number of aryl methyl sites for hydroxylation is 1. The first-order chi connectivity index (χ1) is 10.1. The summed E-state index contributed by atoms with van der Waals surface area (Å²) in [7, 11) is 0. The largest absolute Gasteiger partial charge is 0.265 e. The van der Waals surface area contributed by atoms with E-state index in [0.717, 1.165) is 11.4 Å². The molecule has 0 atom stereocenters. The first kappa shape index (κ1) is 15.2. The van der Waals surface area contributed by atoms with Gasteiger partial charge in [0.2, 0.25) is 0 Å². The number of rotatable bonds is 1. The molecule has 0 bridgehead atoms. The van der Waals surface area contributed by atoms with E-state index < -0.39 is 0 Å². The van der Waals surface area contributed by atoms with Crippen LogP contribution >= 0.6 is 0 Å². The van der Waals surface area contributed by atoms with Gasteiger partial charge in [-0.15, -0.1) is 17.2 Å². The van der Waals surface area contributed by atoms with Crippen LogP contribution in [-0.4, -0.2) is 9.78 Å². The quantitative estimate of drug-likeness (QED) is 0.491. The Hall–Kier alpha value is -1.70. The molecule has 0 N–H and O–H groups in total. The molecule has 1 radical (unpaired) electrons. The Kier molecular flexibility index (Phi) is 3.58. The van der Waals surface area contributed by atoms with E-state index in [0.29, 0.717) is 0 Å². The van der Waals surface area contributed by atoms with Gasteiger partial charge in [0.15, 0.2) is 0 Å². The summed E-state index contributed by atoms with van der Waals surface area (Å²) in [5.41, 5.74) is 7.42. The molecule has 1 heterocycles. The zero-order valence-electron chi connectivity index (χ0n) is 12.8. The van der Waals surface area contributed by atoms with Gasteiger partial charge in [-0.3, -0.25) is 4.68 Å². The molecule has 113 valence electrons. The minimum absolute atomic E-state index is 0. The molecule has 2 aromatic carbocycles. The van der Waals surface area contributed by atoms with E-state index in [4.69, 9.17) is 0 Å². The maximum atomic E-state index is 4.49. The van der Waals surface area contributed by atoms with E-state index in [9.17, 15) is 0 Å². The molecule has 0 aliphatic heterocycles. The Labute approximate surface area is 144 Å². The molecular formula is C19H17IrN2-. The number of benzene rings is 2. The first-order valence-corrected chi connectivity index (χ1v) is 7.26. The maximum Gasteiger partial charge on any atom is 0.0597 e. The third kappa shape index (κ3) is 2.08. The monoisotopic (exact) mass is 466 g/mol. The van der Waals surface area contributed by atoms with Crippen molar-refractivity contribution in [3.8, 4) is 16.8 Å². The van der Waals surface area contributed by atoms with Gasteiger partial charge in [-0.25, -0.2) is 0 Å². The molecule has 2 nitrogen and oxygen atoms in total. The van der Waals surface area contributed by atoms with E-state index in [2.05, 4.69) is 61.4 Å². The molecule has 3 aromatic rings. The van der Waals surface area contributed by atoms with Crippen molar-refractivity contribution >= 4 is 0 Å². The molecular weight excluding hydrogens is 448 g/mol. The van der Waals surface area contributed by atoms with Crippen molar-refractivity contribution in [3.05, 3.63) is 71.5 Å². The van der Waals surface area contributed by atoms with E-state index in [1.807, 2.05) is 23.9 Å². The van der Waals surface area contributed by atoms with Crippen LogP contribution < -0.4 is 0 Å². The Morgan fingerprint density at radius 1 is 1.05 bits per heavy atom. The SMILES string of the molecule is Cc1ccn(-c2[c-]cc3c(c2)C(C)(C)c2ccccc2-3)n1.[Ir]. The van der Waals surface area contributed by atoms with E-state index in [-0.39, 0.29) is 25.5 Å². The number of aromatic nitrogens is 2. The van der Waals surface area contributed by atoms with Gasteiger partial charge in [-0.05, 0) is 29.7 Å². The first-order valence-electron chi connectivity index (χ1n) is 7.26. The van der Waals surface area contributed by atoms with E-state index in [1.54, 1.807) is 0 Å². The smallest absolute Gasteiger partial charge is 0.0597 e. The van der Waals surface area contributed by atoms with Crippen molar-refractivity contribution in [2.45, 2.75) is 26.2 Å². The molecule has 1 aliphatic rings. The average Bonchev–Trinajstić information content (AvgIpc) is 3.01. The molecule has 0 saturated carbocycles. The van der Waals surface area contributed by atoms with Crippen molar-refractivity contribution in [2.75, 3.05) is 0 Å². The minimum Gasteiger partial charge on any atom is -0.265 e. The summed E-state index contributed by atoms with van der Waals surface area (Å²) in [5.74, 6) is 0. The third-order valence-corrected chi connectivity index (χ3v) is 4.47. The fraction of sp³-hybridized carbons (Fsp3) is 0.211. The Morgan fingerprint density at radius 3 is 2.55 bits per heavy atom. The molecule has 3 heteroatoms. The summed E-state index contributed by atoms with van der Waals surface area (Å²) in [6, 6.07) is 18.4. The Balaban J connectivity index is 0.00000144. The van der Waals surface area contributed by atoms with Crippen LogP contribution in [0.15, 0.2) is 48.7 Å². The van der Waals surface area contributed by atoms with Crippen LogP contribution in [0.2, 0.25) is 0 Å². The van der Waals surface area contributed by atoms with Crippen molar-refractivity contribution in [3.63, 3.8) is 0 Å². The summed E-state index contributed by atoms with van der Waals surface area (Å²) in [6.45, 7) is 6.58. The van der Waals surface area contributed by atoms with Crippen LogP contribution in [0.5, 0.6) is 0 Å². The maximum absolute atomic E-state index is 4.49. The zero-order chi connectivity index (χ0) is 14.6. The van der Waals surface area contributed by atoms with Crippen molar-refractivity contribution in [2.24, 2.45) is 0 Å². The van der Waals surface area contributed by atoms with Crippen LogP contribution in [-0.2, 0) is 25.5 Å². The average molecular weight is 466 g/mol. The van der Waals surface area contributed by atoms with Gasteiger partial charge in [-0.1, -0.05) is 43.7 Å². The van der Waals surface area contributed by atoms with Crippen LogP contribution in [0.25, 0.3) is 16.8 Å². The standard InChI is InChI=1S/C19H17N2.Ir/c1-13-10-11-21(20-13)14-8-9-16-15-6-4-5-7-17(15)19(2,3)18(16)12-14;/h4-7,9-12H,1-3H3;/q-1;. The number of fused-ring (bicyclic) bond motifs is 3. The topological polar surface area (TPSA) is 17.8 Å².